The van der Waals surface area contributed by atoms with Gasteiger partial charge in [-0.05, 0) is 81.0 Å². The molecule has 1 unspecified atom stereocenters. The highest BCUT2D eigenvalue weighted by atomic mass is 32.1. The molecule has 2 heterocycles. The van der Waals surface area contributed by atoms with Crippen molar-refractivity contribution in [3.8, 4) is 11.1 Å². The minimum Gasteiger partial charge on any atom is -0.466 e. The number of ether oxygens (including phenoxy) is 1. The maximum Gasteiger partial charge on any atom is 0.313 e. The van der Waals surface area contributed by atoms with Gasteiger partial charge in [-0.3, -0.25) is 4.79 Å². The number of hydrogen-bond acceptors (Lipinski definition) is 4. The minimum atomic E-state index is -0.236. The number of esters is 1. The van der Waals surface area contributed by atoms with Crippen LogP contribution in [0.1, 0.15) is 72.2 Å². The Hall–Kier alpha value is -2.20. The van der Waals surface area contributed by atoms with Crippen molar-refractivity contribution in [3.05, 3.63) is 51.5 Å². The summed E-state index contributed by atoms with van der Waals surface area (Å²) in [6.07, 6.45) is 8.08. The SMILES string of the molecule is CCOC(=O)C(CC1CC1)c1c(C)nc2sc3c(c2c1-c1ccc(C)cc1)CCCC3. The molecular formula is C27H31NO2S. The van der Waals surface area contributed by atoms with Crippen LogP contribution in [0.4, 0.5) is 0 Å². The second-order valence-electron chi connectivity index (χ2n) is 9.23. The van der Waals surface area contributed by atoms with Crippen molar-refractivity contribution >= 4 is 27.5 Å². The summed E-state index contributed by atoms with van der Waals surface area (Å²) in [5.41, 5.74) is 7.26. The van der Waals surface area contributed by atoms with E-state index < -0.39 is 0 Å². The van der Waals surface area contributed by atoms with E-state index in [1.807, 2.05) is 18.3 Å². The summed E-state index contributed by atoms with van der Waals surface area (Å²) in [6, 6.07) is 8.80. The van der Waals surface area contributed by atoms with Crippen molar-refractivity contribution in [1.29, 1.82) is 0 Å². The average Bonchev–Trinajstić information content (AvgIpc) is 3.51. The number of rotatable bonds is 6. The van der Waals surface area contributed by atoms with E-state index in [1.165, 1.54) is 58.2 Å². The molecule has 2 aromatic heterocycles. The average molecular weight is 434 g/mol. The standard InChI is InChI=1S/C27H31NO2S/c1-4-30-27(29)21(15-18-11-12-18)23-17(3)28-26-25(20-7-5-6-8-22(20)31-26)24(23)19-13-9-16(2)10-14-19/h9-10,13-14,18,21H,4-8,11-12,15H2,1-3H3. The lowest BCUT2D eigenvalue weighted by Crippen LogP contribution is -2.19. The van der Waals surface area contributed by atoms with Gasteiger partial charge in [0.2, 0.25) is 0 Å². The Bertz CT molecular complexity index is 1120. The second-order valence-corrected chi connectivity index (χ2v) is 10.3. The van der Waals surface area contributed by atoms with Gasteiger partial charge in [0.25, 0.3) is 0 Å². The van der Waals surface area contributed by atoms with E-state index in [0.29, 0.717) is 12.5 Å². The summed E-state index contributed by atoms with van der Waals surface area (Å²) in [5, 5.41) is 1.30. The van der Waals surface area contributed by atoms with Crippen LogP contribution in [-0.4, -0.2) is 17.6 Å². The molecule has 0 amide bonds. The van der Waals surface area contributed by atoms with Crippen molar-refractivity contribution < 1.29 is 9.53 Å². The van der Waals surface area contributed by atoms with Crippen LogP contribution in [-0.2, 0) is 22.4 Å². The summed E-state index contributed by atoms with van der Waals surface area (Å²) in [4.78, 5) is 20.9. The highest BCUT2D eigenvalue weighted by Gasteiger charge is 2.35. The number of aromatic nitrogens is 1. The molecule has 0 aliphatic heterocycles. The second kappa shape index (κ2) is 8.38. The van der Waals surface area contributed by atoms with E-state index in [-0.39, 0.29) is 11.9 Å². The highest BCUT2D eigenvalue weighted by Crippen LogP contribution is 2.48. The van der Waals surface area contributed by atoms with Crippen LogP contribution in [0, 0.1) is 19.8 Å². The van der Waals surface area contributed by atoms with E-state index in [4.69, 9.17) is 9.72 Å². The maximum atomic E-state index is 13.2. The Morgan fingerprint density at radius 2 is 1.90 bits per heavy atom. The van der Waals surface area contributed by atoms with Gasteiger partial charge in [0.15, 0.2) is 0 Å². The van der Waals surface area contributed by atoms with Gasteiger partial charge in [0.05, 0.1) is 12.5 Å². The monoisotopic (exact) mass is 433 g/mol. The third-order valence-corrected chi connectivity index (χ3v) is 8.04. The molecule has 162 valence electrons. The molecule has 3 nitrogen and oxygen atoms in total. The van der Waals surface area contributed by atoms with E-state index in [2.05, 4.69) is 38.1 Å². The van der Waals surface area contributed by atoms with E-state index in [0.717, 1.165) is 35.4 Å². The molecule has 0 saturated heterocycles. The first kappa shape index (κ1) is 20.7. The molecule has 1 saturated carbocycles. The quantitative estimate of drug-likeness (QED) is 0.397. The van der Waals surface area contributed by atoms with Crippen molar-refractivity contribution in [2.24, 2.45) is 5.92 Å². The van der Waals surface area contributed by atoms with Crippen LogP contribution in [0.5, 0.6) is 0 Å². The van der Waals surface area contributed by atoms with Gasteiger partial charge in [-0.2, -0.15) is 0 Å². The fraction of sp³-hybridized carbons (Fsp3) is 0.481. The molecule has 1 aromatic carbocycles. The Balaban J connectivity index is 1.79. The fourth-order valence-corrected chi connectivity index (χ4v) is 6.44. The highest BCUT2D eigenvalue weighted by molar-refractivity contribution is 7.19. The summed E-state index contributed by atoms with van der Waals surface area (Å²) < 4.78 is 5.59. The number of aryl methyl sites for hydroxylation is 4. The van der Waals surface area contributed by atoms with E-state index in [1.54, 1.807) is 0 Å². The molecule has 2 aliphatic carbocycles. The summed E-state index contributed by atoms with van der Waals surface area (Å²) >= 11 is 1.86. The predicted octanol–water partition coefficient (Wildman–Crippen LogP) is 6.91. The van der Waals surface area contributed by atoms with Crippen LogP contribution in [0.15, 0.2) is 24.3 Å². The summed E-state index contributed by atoms with van der Waals surface area (Å²) in [7, 11) is 0. The topological polar surface area (TPSA) is 39.2 Å². The number of pyridine rings is 1. The minimum absolute atomic E-state index is 0.0869. The fourth-order valence-electron chi connectivity index (χ4n) is 5.12. The van der Waals surface area contributed by atoms with Crippen molar-refractivity contribution in [1.82, 2.24) is 4.98 Å². The lowest BCUT2D eigenvalue weighted by Gasteiger charge is -2.23. The number of fused-ring (bicyclic) bond motifs is 3. The molecule has 5 rings (SSSR count). The number of carbonyl (C=O) groups is 1. The van der Waals surface area contributed by atoms with Gasteiger partial charge in [-0.15, -0.1) is 11.3 Å². The number of benzene rings is 1. The van der Waals surface area contributed by atoms with E-state index in [9.17, 15) is 4.79 Å². The normalized spacial score (nSPS) is 16.9. The molecule has 1 atom stereocenters. The molecular weight excluding hydrogens is 402 g/mol. The Kier molecular flexibility index (Phi) is 5.60. The predicted molar refractivity (Wildman–Crippen MR) is 128 cm³/mol. The summed E-state index contributed by atoms with van der Waals surface area (Å²) in [6.45, 7) is 6.53. The van der Waals surface area contributed by atoms with Crippen molar-refractivity contribution in [2.75, 3.05) is 6.61 Å². The zero-order valence-corrected chi connectivity index (χ0v) is 19.6. The number of nitrogens with zero attached hydrogens (tertiary/aromatic N) is 1. The zero-order valence-electron chi connectivity index (χ0n) is 18.8. The Labute approximate surface area is 188 Å². The number of carbonyl (C=O) groups excluding carboxylic acids is 1. The zero-order chi connectivity index (χ0) is 21.5. The molecule has 0 radical (unpaired) electrons. The Morgan fingerprint density at radius 3 is 2.61 bits per heavy atom. The lowest BCUT2D eigenvalue weighted by molar-refractivity contribution is -0.145. The molecule has 1 fully saturated rings. The largest absolute Gasteiger partial charge is 0.466 e. The van der Waals surface area contributed by atoms with Crippen LogP contribution >= 0.6 is 11.3 Å². The van der Waals surface area contributed by atoms with Crippen LogP contribution in [0.2, 0.25) is 0 Å². The lowest BCUT2D eigenvalue weighted by atomic mass is 9.83. The van der Waals surface area contributed by atoms with Gasteiger partial charge in [-0.1, -0.05) is 42.7 Å². The van der Waals surface area contributed by atoms with Gasteiger partial charge >= 0.3 is 5.97 Å². The van der Waals surface area contributed by atoms with Gasteiger partial charge in [0.1, 0.15) is 4.83 Å². The Morgan fingerprint density at radius 1 is 1.16 bits per heavy atom. The van der Waals surface area contributed by atoms with Crippen LogP contribution in [0.25, 0.3) is 21.3 Å². The molecule has 3 aromatic rings. The first-order chi connectivity index (χ1) is 15.1. The molecule has 0 bridgehead atoms. The third kappa shape index (κ3) is 3.91. The smallest absolute Gasteiger partial charge is 0.313 e. The van der Waals surface area contributed by atoms with Crippen molar-refractivity contribution in [3.63, 3.8) is 0 Å². The van der Waals surface area contributed by atoms with Crippen LogP contribution < -0.4 is 0 Å². The van der Waals surface area contributed by atoms with Gasteiger partial charge < -0.3 is 4.74 Å². The summed E-state index contributed by atoms with van der Waals surface area (Å²) in [5.74, 6) is 0.308. The molecule has 2 aliphatic rings. The number of thiophene rings is 1. The van der Waals surface area contributed by atoms with E-state index >= 15 is 0 Å². The van der Waals surface area contributed by atoms with Crippen molar-refractivity contribution in [2.45, 2.75) is 71.6 Å². The van der Waals surface area contributed by atoms with Crippen LogP contribution in [0.3, 0.4) is 0 Å². The first-order valence-corrected chi connectivity index (χ1v) is 12.6. The maximum absolute atomic E-state index is 13.2. The molecule has 0 N–H and O–H groups in total. The van der Waals surface area contributed by atoms with Gasteiger partial charge in [-0.25, -0.2) is 4.98 Å². The molecule has 31 heavy (non-hydrogen) atoms. The first-order valence-electron chi connectivity index (χ1n) is 11.7. The number of hydrogen-bond donors (Lipinski definition) is 0. The molecule has 4 heteroatoms. The van der Waals surface area contributed by atoms with Gasteiger partial charge in [0, 0.05) is 16.0 Å². The third-order valence-electron chi connectivity index (χ3n) is 6.86. The molecule has 0 spiro atoms.